The van der Waals surface area contributed by atoms with Crippen LogP contribution in [0, 0.1) is 0 Å². The smallest absolute Gasteiger partial charge is 0.196 e. The van der Waals surface area contributed by atoms with Gasteiger partial charge >= 0.3 is 0 Å². The first-order chi connectivity index (χ1) is 8.33. The summed E-state index contributed by atoms with van der Waals surface area (Å²) in [7, 11) is 0. The van der Waals surface area contributed by atoms with Crippen molar-refractivity contribution in [1.82, 2.24) is 9.97 Å². The van der Waals surface area contributed by atoms with Gasteiger partial charge in [-0.05, 0) is 31.2 Å². The van der Waals surface area contributed by atoms with Crippen molar-refractivity contribution in [3.05, 3.63) is 54.0 Å². The molecule has 0 radical (unpaired) electrons. The van der Waals surface area contributed by atoms with Crippen molar-refractivity contribution in [3.8, 4) is 0 Å². The summed E-state index contributed by atoms with van der Waals surface area (Å²) in [5, 5.41) is 3.08. The summed E-state index contributed by atoms with van der Waals surface area (Å²) in [6.07, 6.45) is 4.88. The van der Waals surface area contributed by atoms with Crippen LogP contribution in [0.3, 0.4) is 0 Å². The first-order valence-electron chi connectivity index (χ1n) is 5.46. The predicted octanol–water partition coefficient (Wildman–Crippen LogP) is 2.14. The van der Waals surface area contributed by atoms with Gasteiger partial charge in [-0.25, -0.2) is 4.98 Å². The van der Waals surface area contributed by atoms with Crippen molar-refractivity contribution in [2.45, 2.75) is 6.92 Å². The lowest BCUT2D eigenvalue weighted by atomic mass is 10.1. The molecule has 0 aromatic carbocycles. The molecular formula is C13H13N3O. The Kier molecular flexibility index (Phi) is 3.45. The van der Waals surface area contributed by atoms with E-state index in [1.807, 2.05) is 6.92 Å². The molecule has 1 N–H and O–H groups in total. The molecule has 86 valence electrons. The molecule has 0 spiro atoms. The maximum Gasteiger partial charge on any atom is 0.196 e. The molecule has 0 unspecified atom stereocenters. The number of hydrogen-bond donors (Lipinski definition) is 1. The highest BCUT2D eigenvalue weighted by Crippen LogP contribution is 2.15. The lowest BCUT2D eigenvalue weighted by Crippen LogP contribution is -2.09. The molecule has 2 aromatic heterocycles. The molecule has 0 saturated heterocycles. The van der Waals surface area contributed by atoms with Crippen molar-refractivity contribution in [2.24, 2.45) is 0 Å². The Balaban J connectivity index is 2.37. The van der Waals surface area contributed by atoms with E-state index in [0.29, 0.717) is 16.9 Å². The second-order valence-corrected chi connectivity index (χ2v) is 3.49. The van der Waals surface area contributed by atoms with Crippen LogP contribution < -0.4 is 5.32 Å². The fraction of sp³-hybridized carbons (Fsp3) is 0.154. The van der Waals surface area contributed by atoms with Gasteiger partial charge in [0.2, 0.25) is 0 Å². The summed E-state index contributed by atoms with van der Waals surface area (Å²) in [5.74, 6) is 0.577. The average Bonchev–Trinajstić information content (AvgIpc) is 2.40. The van der Waals surface area contributed by atoms with E-state index in [1.165, 1.54) is 0 Å². The van der Waals surface area contributed by atoms with Gasteiger partial charge in [0.1, 0.15) is 5.82 Å². The lowest BCUT2D eigenvalue weighted by Gasteiger charge is -2.08. The Morgan fingerprint density at radius 2 is 2.00 bits per heavy atom. The van der Waals surface area contributed by atoms with E-state index in [0.717, 1.165) is 6.54 Å². The molecule has 0 amide bonds. The van der Waals surface area contributed by atoms with Crippen molar-refractivity contribution in [3.63, 3.8) is 0 Å². The molecule has 2 aromatic rings. The van der Waals surface area contributed by atoms with Crippen LogP contribution in [0.25, 0.3) is 0 Å². The van der Waals surface area contributed by atoms with Gasteiger partial charge in [0.05, 0.1) is 5.56 Å². The van der Waals surface area contributed by atoms with Crippen LogP contribution in [-0.2, 0) is 0 Å². The highest BCUT2D eigenvalue weighted by Gasteiger charge is 2.13. The first kappa shape index (κ1) is 11.3. The quantitative estimate of drug-likeness (QED) is 0.813. The zero-order valence-corrected chi connectivity index (χ0v) is 9.55. The fourth-order valence-corrected chi connectivity index (χ4v) is 1.56. The van der Waals surface area contributed by atoms with E-state index in [-0.39, 0.29) is 5.78 Å². The lowest BCUT2D eigenvalue weighted by molar-refractivity contribution is 0.103. The highest BCUT2D eigenvalue weighted by molar-refractivity contribution is 6.11. The normalized spacial score (nSPS) is 9.94. The molecule has 2 heterocycles. The highest BCUT2D eigenvalue weighted by atomic mass is 16.1. The SMILES string of the molecule is CCNc1ncccc1C(=O)c1ccncc1. The number of nitrogens with one attached hydrogen (secondary N) is 1. The van der Waals surface area contributed by atoms with Gasteiger partial charge in [-0.2, -0.15) is 0 Å². The maximum atomic E-state index is 12.2. The molecular weight excluding hydrogens is 214 g/mol. The Hall–Kier alpha value is -2.23. The third-order valence-electron chi connectivity index (χ3n) is 2.34. The number of nitrogens with zero attached hydrogens (tertiary/aromatic N) is 2. The van der Waals surface area contributed by atoms with Crippen LogP contribution in [0.5, 0.6) is 0 Å². The van der Waals surface area contributed by atoms with Crippen molar-refractivity contribution in [2.75, 3.05) is 11.9 Å². The standard InChI is InChI=1S/C13H13N3O/c1-2-15-13-11(4-3-7-16-13)12(17)10-5-8-14-9-6-10/h3-9H,2H2,1H3,(H,15,16). The number of carbonyl (C=O) groups is 1. The van der Waals surface area contributed by atoms with E-state index in [9.17, 15) is 4.79 Å². The largest absolute Gasteiger partial charge is 0.370 e. The maximum absolute atomic E-state index is 12.2. The molecule has 0 aliphatic rings. The van der Waals surface area contributed by atoms with Gasteiger partial charge in [0.15, 0.2) is 5.78 Å². The molecule has 4 heteroatoms. The third-order valence-corrected chi connectivity index (χ3v) is 2.34. The van der Waals surface area contributed by atoms with Gasteiger partial charge in [0, 0.05) is 30.7 Å². The fourth-order valence-electron chi connectivity index (χ4n) is 1.56. The second kappa shape index (κ2) is 5.21. The Labute approximate surface area is 99.7 Å². The summed E-state index contributed by atoms with van der Waals surface area (Å²) < 4.78 is 0. The van der Waals surface area contributed by atoms with E-state index >= 15 is 0 Å². The third kappa shape index (κ3) is 2.47. The zero-order valence-electron chi connectivity index (χ0n) is 9.55. The molecule has 0 aliphatic heterocycles. The van der Waals surface area contributed by atoms with Crippen molar-refractivity contribution in [1.29, 1.82) is 0 Å². The van der Waals surface area contributed by atoms with Crippen LogP contribution in [-0.4, -0.2) is 22.3 Å². The van der Waals surface area contributed by atoms with Crippen LogP contribution in [0.2, 0.25) is 0 Å². The minimum atomic E-state index is -0.0450. The number of carbonyl (C=O) groups excluding carboxylic acids is 1. The van der Waals surface area contributed by atoms with E-state index in [4.69, 9.17) is 0 Å². The number of rotatable bonds is 4. The van der Waals surface area contributed by atoms with Crippen LogP contribution in [0.1, 0.15) is 22.8 Å². The minimum Gasteiger partial charge on any atom is -0.370 e. The molecule has 0 aliphatic carbocycles. The summed E-state index contributed by atoms with van der Waals surface area (Å²) in [4.78, 5) is 20.3. The number of anilines is 1. The van der Waals surface area contributed by atoms with Gasteiger partial charge < -0.3 is 5.32 Å². The topological polar surface area (TPSA) is 54.9 Å². The van der Waals surface area contributed by atoms with E-state index < -0.39 is 0 Å². The Bertz CT molecular complexity index is 511. The summed E-state index contributed by atoms with van der Waals surface area (Å²) >= 11 is 0. The number of pyridine rings is 2. The second-order valence-electron chi connectivity index (χ2n) is 3.49. The molecule has 0 bridgehead atoms. The number of aromatic nitrogens is 2. The summed E-state index contributed by atoms with van der Waals surface area (Å²) in [5.41, 5.74) is 1.20. The molecule has 4 nitrogen and oxygen atoms in total. The van der Waals surface area contributed by atoms with Crippen LogP contribution >= 0.6 is 0 Å². The van der Waals surface area contributed by atoms with Crippen LogP contribution in [0.4, 0.5) is 5.82 Å². The van der Waals surface area contributed by atoms with Crippen molar-refractivity contribution >= 4 is 11.6 Å². The minimum absolute atomic E-state index is 0.0450. The van der Waals surface area contributed by atoms with Gasteiger partial charge in [-0.1, -0.05) is 0 Å². The molecule has 0 fully saturated rings. The monoisotopic (exact) mass is 227 g/mol. The van der Waals surface area contributed by atoms with E-state index in [1.54, 1.807) is 42.9 Å². The van der Waals surface area contributed by atoms with Gasteiger partial charge in [0.25, 0.3) is 0 Å². The Morgan fingerprint density at radius 1 is 1.24 bits per heavy atom. The van der Waals surface area contributed by atoms with Crippen molar-refractivity contribution < 1.29 is 4.79 Å². The zero-order chi connectivity index (χ0) is 12.1. The molecule has 2 rings (SSSR count). The molecule has 17 heavy (non-hydrogen) atoms. The van der Waals surface area contributed by atoms with Gasteiger partial charge in [-0.15, -0.1) is 0 Å². The Morgan fingerprint density at radius 3 is 2.71 bits per heavy atom. The number of hydrogen-bond acceptors (Lipinski definition) is 4. The molecule has 0 atom stereocenters. The predicted molar refractivity (Wildman–Crippen MR) is 66.1 cm³/mol. The van der Waals surface area contributed by atoms with E-state index in [2.05, 4.69) is 15.3 Å². The summed E-state index contributed by atoms with van der Waals surface area (Å²) in [6.45, 7) is 2.70. The van der Waals surface area contributed by atoms with Crippen LogP contribution in [0.15, 0.2) is 42.9 Å². The summed E-state index contributed by atoms with van der Waals surface area (Å²) in [6, 6.07) is 6.93. The molecule has 0 saturated carbocycles. The average molecular weight is 227 g/mol. The van der Waals surface area contributed by atoms with Gasteiger partial charge in [-0.3, -0.25) is 9.78 Å². The first-order valence-corrected chi connectivity index (χ1v) is 5.46. The number of ketones is 1.